The highest BCUT2D eigenvalue weighted by atomic mass is 35.5. The second-order valence-electron chi connectivity index (χ2n) is 5.74. The van der Waals surface area contributed by atoms with E-state index < -0.39 is 4.92 Å². The molecule has 0 radical (unpaired) electrons. The molecule has 0 aliphatic heterocycles. The van der Waals surface area contributed by atoms with Crippen LogP contribution in [0.1, 0.15) is 43.0 Å². The van der Waals surface area contributed by atoms with E-state index in [1.165, 1.54) is 31.0 Å². The van der Waals surface area contributed by atoms with Gasteiger partial charge in [-0.05, 0) is 30.7 Å². The van der Waals surface area contributed by atoms with Crippen molar-refractivity contribution in [2.75, 3.05) is 6.54 Å². The van der Waals surface area contributed by atoms with Gasteiger partial charge in [-0.25, -0.2) is 0 Å². The molecule has 114 valence electrons. The monoisotopic (exact) mass is 310 g/mol. The molecule has 2 atom stereocenters. The third-order valence-electron chi connectivity index (χ3n) is 4.02. The van der Waals surface area contributed by atoms with Crippen LogP contribution in [0.15, 0.2) is 18.2 Å². The number of nitro benzene ring substituents is 1. The fourth-order valence-electron chi connectivity index (χ4n) is 2.91. The maximum absolute atomic E-state index is 12.1. The van der Waals surface area contributed by atoms with Crippen LogP contribution in [0, 0.1) is 22.0 Å². The number of rotatable bonds is 4. The summed E-state index contributed by atoms with van der Waals surface area (Å²) < 4.78 is 0. The van der Waals surface area contributed by atoms with E-state index in [1.807, 2.05) is 0 Å². The number of nitrogens with one attached hydrogen (secondary N) is 1. The molecule has 2 rings (SSSR count). The van der Waals surface area contributed by atoms with Gasteiger partial charge >= 0.3 is 0 Å². The van der Waals surface area contributed by atoms with Crippen LogP contribution in [0.5, 0.6) is 0 Å². The van der Waals surface area contributed by atoms with Crippen LogP contribution in [0.4, 0.5) is 5.69 Å². The number of benzene rings is 1. The highest BCUT2D eigenvalue weighted by Crippen LogP contribution is 2.29. The van der Waals surface area contributed by atoms with Gasteiger partial charge in [0.2, 0.25) is 0 Å². The molecule has 5 nitrogen and oxygen atoms in total. The van der Waals surface area contributed by atoms with E-state index in [9.17, 15) is 14.9 Å². The van der Waals surface area contributed by atoms with Gasteiger partial charge in [0.1, 0.15) is 5.02 Å². The highest BCUT2D eigenvalue weighted by Gasteiger charge is 2.22. The Morgan fingerprint density at radius 3 is 2.90 bits per heavy atom. The Hall–Kier alpha value is -1.62. The number of amides is 1. The van der Waals surface area contributed by atoms with Crippen LogP contribution in [-0.4, -0.2) is 17.4 Å². The zero-order chi connectivity index (χ0) is 15.4. The molecule has 1 aliphatic rings. The van der Waals surface area contributed by atoms with Gasteiger partial charge in [-0.1, -0.05) is 37.4 Å². The molecule has 2 unspecified atom stereocenters. The van der Waals surface area contributed by atoms with Crippen molar-refractivity contribution in [3.8, 4) is 0 Å². The van der Waals surface area contributed by atoms with Gasteiger partial charge < -0.3 is 5.32 Å². The number of nitrogens with zero attached hydrogens (tertiary/aromatic N) is 1. The summed E-state index contributed by atoms with van der Waals surface area (Å²) in [5.41, 5.74) is -0.0784. The van der Waals surface area contributed by atoms with Crippen LogP contribution in [0.25, 0.3) is 0 Å². The molecule has 1 aromatic rings. The topological polar surface area (TPSA) is 72.2 Å². The average molecular weight is 311 g/mol. The lowest BCUT2D eigenvalue weighted by Gasteiger charge is -2.26. The molecule has 0 aromatic heterocycles. The Bertz CT molecular complexity index is 548. The lowest BCUT2D eigenvalue weighted by Crippen LogP contribution is -2.31. The Labute approximate surface area is 128 Å². The molecule has 0 saturated heterocycles. The fourth-order valence-corrected chi connectivity index (χ4v) is 3.19. The number of carbonyl (C=O) groups excluding carboxylic acids is 1. The molecule has 1 N–H and O–H groups in total. The predicted octanol–water partition coefficient (Wildman–Crippen LogP) is 3.80. The molecule has 1 aromatic carbocycles. The molecule has 1 saturated carbocycles. The first-order valence-electron chi connectivity index (χ1n) is 7.20. The Balaban J connectivity index is 2.00. The van der Waals surface area contributed by atoms with Crippen molar-refractivity contribution in [2.24, 2.45) is 11.8 Å². The zero-order valence-corrected chi connectivity index (χ0v) is 12.7. The average Bonchev–Trinajstić information content (AvgIpc) is 2.45. The van der Waals surface area contributed by atoms with Crippen molar-refractivity contribution in [1.29, 1.82) is 0 Å². The van der Waals surface area contributed by atoms with Crippen molar-refractivity contribution in [2.45, 2.75) is 32.6 Å². The quantitative estimate of drug-likeness (QED) is 0.679. The normalized spacial score (nSPS) is 21.8. The summed E-state index contributed by atoms with van der Waals surface area (Å²) in [4.78, 5) is 22.4. The van der Waals surface area contributed by atoms with Crippen LogP contribution < -0.4 is 5.32 Å². The Kier molecular flexibility index (Phi) is 5.17. The Morgan fingerprint density at radius 2 is 2.24 bits per heavy atom. The predicted molar refractivity (Wildman–Crippen MR) is 81.6 cm³/mol. The number of carbonyl (C=O) groups is 1. The molecule has 1 aliphatic carbocycles. The lowest BCUT2D eigenvalue weighted by molar-refractivity contribution is -0.384. The summed E-state index contributed by atoms with van der Waals surface area (Å²) in [5.74, 6) is 0.833. The molecule has 1 amide bonds. The largest absolute Gasteiger partial charge is 0.352 e. The minimum atomic E-state index is -0.581. The van der Waals surface area contributed by atoms with Gasteiger partial charge in [0.15, 0.2) is 0 Å². The van der Waals surface area contributed by atoms with Crippen molar-refractivity contribution in [1.82, 2.24) is 5.32 Å². The van der Waals surface area contributed by atoms with E-state index in [1.54, 1.807) is 0 Å². The maximum atomic E-state index is 12.1. The third-order valence-corrected chi connectivity index (χ3v) is 4.41. The second kappa shape index (κ2) is 6.89. The van der Waals surface area contributed by atoms with Crippen LogP contribution in [0.3, 0.4) is 0 Å². The van der Waals surface area contributed by atoms with E-state index in [0.29, 0.717) is 18.4 Å². The molecule has 0 heterocycles. The first-order chi connectivity index (χ1) is 9.99. The maximum Gasteiger partial charge on any atom is 0.288 e. The van der Waals surface area contributed by atoms with Crippen molar-refractivity contribution >= 4 is 23.2 Å². The minimum Gasteiger partial charge on any atom is -0.352 e. The molecule has 0 spiro atoms. The molecule has 21 heavy (non-hydrogen) atoms. The number of halogens is 1. The van der Waals surface area contributed by atoms with Gasteiger partial charge in [-0.15, -0.1) is 0 Å². The summed E-state index contributed by atoms with van der Waals surface area (Å²) in [6, 6.07) is 4.28. The second-order valence-corrected chi connectivity index (χ2v) is 6.12. The van der Waals surface area contributed by atoms with Gasteiger partial charge in [-0.3, -0.25) is 14.9 Å². The standard InChI is InChI=1S/C15H19ClN2O3/c1-10-4-2-5-11(8-10)9-17-15(19)12-6-3-7-13(14(12)16)18(20)21/h3,6-7,10-11H,2,4-5,8-9H2,1H3,(H,17,19). The van der Waals surface area contributed by atoms with E-state index in [-0.39, 0.29) is 22.2 Å². The first-order valence-corrected chi connectivity index (χ1v) is 7.58. The smallest absolute Gasteiger partial charge is 0.288 e. The summed E-state index contributed by atoms with van der Waals surface area (Å²) in [5, 5.41) is 13.6. The third kappa shape index (κ3) is 3.94. The van der Waals surface area contributed by atoms with E-state index in [4.69, 9.17) is 11.6 Å². The molecule has 0 bridgehead atoms. The number of hydrogen-bond acceptors (Lipinski definition) is 3. The summed E-state index contributed by atoms with van der Waals surface area (Å²) in [7, 11) is 0. The fraction of sp³-hybridized carbons (Fsp3) is 0.533. The minimum absolute atomic E-state index is 0.1000. The summed E-state index contributed by atoms with van der Waals surface area (Å²) in [6.45, 7) is 2.83. The van der Waals surface area contributed by atoms with Gasteiger partial charge in [0, 0.05) is 12.6 Å². The van der Waals surface area contributed by atoms with Gasteiger partial charge in [0.05, 0.1) is 10.5 Å². The molecule has 1 fully saturated rings. The lowest BCUT2D eigenvalue weighted by atomic mass is 9.82. The zero-order valence-electron chi connectivity index (χ0n) is 12.0. The molecular weight excluding hydrogens is 292 g/mol. The molecule has 6 heteroatoms. The van der Waals surface area contributed by atoms with Crippen LogP contribution in [0.2, 0.25) is 5.02 Å². The number of nitro groups is 1. The van der Waals surface area contributed by atoms with Crippen molar-refractivity contribution in [3.05, 3.63) is 38.9 Å². The van der Waals surface area contributed by atoms with E-state index in [0.717, 1.165) is 12.8 Å². The van der Waals surface area contributed by atoms with Gasteiger partial charge in [-0.2, -0.15) is 0 Å². The van der Waals surface area contributed by atoms with Crippen molar-refractivity contribution < 1.29 is 9.72 Å². The molecular formula is C15H19ClN2O3. The summed E-state index contributed by atoms with van der Waals surface area (Å²) >= 11 is 5.94. The van der Waals surface area contributed by atoms with Crippen molar-refractivity contribution in [3.63, 3.8) is 0 Å². The Morgan fingerprint density at radius 1 is 1.48 bits per heavy atom. The highest BCUT2D eigenvalue weighted by molar-refractivity contribution is 6.35. The van der Waals surface area contributed by atoms with Crippen LogP contribution >= 0.6 is 11.6 Å². The first kappa shape index (κ1) is 15.8. The van der Waals surface area contributed by atoms with Gasteiger partial charge in [0.25, 0.3) is 11.6 Å². The SMILES string of the molecule is CC1CCCC(CNC(=O)c2cccc([N+](=O)[O-])c2Cl)C1. The summed E-state index contributed by atoms with van der Waals surface area (Å²) in [6.07, 6.45) is 4.68. The van der Waals surface area contributed by atoms with E-state index in [2.05, 4.69) is 12.2 Å². The van der Waals surface area contributed by atoms with E-state index >= 15 is 0 Å². The van der Waals surface area contributed by atoms with Crippen LogP contribution in [-0.2, 0) is 0 Å². The number of hydrogen-bond donors (Lipinski definition) is 1.